The summed E-state index contributed by atoms with van der Waals surface area (Å²) in [4.78, 5) is 35.2. The predicted molar refractivity (Wildman–Crippen MR) is 109 cm³/mol. The first-order valence-electron chi connectivity index (χ1n) is 8.99. The Morgan fingerprint density at radius 3 is 1.82 bits per heavy atom. The monoisotopic (exact) mass is 383 g/mol. The van der Waals surface area contributed by atoms with Gasteiger partial charge in [0, 0.05) is 23.5 Å². The van der Waals surface area contributed by atoms with Gasteiger partial charge in [-0.25, -0.2) is 4.79 Å². The van der Waals surface area contributed by atoms with Crippen molar-refractivity contribution in [1.29, 1.82) is 0 Å². The maximum atomic E-state index is 12.1. The molecule has 0 saturated heterocycles. The number of carbonyl (C=O) groups is 3. The Bertz CT molecular complexity index is 815. The van der Waals surface area contributed by atoms with Crippen LogP contribution in [0.1, 0.15) is 30.6 Å². The summed E-state index contributed by atoms with van der Waals surface area (Å²) in [6.07, 6.45) is 0.463. The number of anilines is 3. The molecule has 7 nitrogen and oxygen atoms in total. The maximum absolute atomic E-state index is 12.1. The van der Waals surface area contributed by atoms with Gasteiger partial charge in [-0.2, -0.15) is 0 Å². The van der Waals surface area contributed by atoms with Gasteiger partial charge in [0.2, 0.25) is 11.8 Å². The average Bonchev–Trinajstić information content (AvgIpc) is 2.67. The number of esters is 1. The van der Waals surface area contributed by atoms with Gasteiger partial charge in [0.1, 0.15) is 0 Å². The molecule has 0 atom stereocenters. The molecule has 0 fully saturated rings. The van der Waals surface area contributed by atoms with E-state index in [-0.39, 0.29) is 18.4 Å². The molecule has 2 aromatic rings. The van der Waals surface area contributed by atoms with E-state index in [1.807, 2.05) is 13.8 Å². The van der Waals surface area contributed by atoms with Crippen molar-refractivity contribution in [2.45, 2.75) is 20.3 Å². The van der Waals surface area contributed by atoms with Crippen LogP contribution in [0.25, 0.3) is 0 Å². The molecule has 0 heterocycles. The largest absolute Gasteiger partial charge is 0.465 e. The van der Waals surface area contributed by atoms with E-state index in [0.717, 1.165) is 0 Å². The summed E-state index contributed by atoms with van der Waals surface area (Å²) in [5, 5.41) is 8.58. The summed E-state index contributed by atoms with van der Waals surface area (Å²) in [6.45, 7) is 4.05. The topological polar surface area (TPSA) is 96.5 Å². The molecule has 0 bridgehead atoms. The molecule has 0 unspecified atom stereocenters. The number of hydrogen-bond acceptors (Lipinski definition) is 5. The second-order valence-electron chi connectivity index (χ2n) is 6.69. The molecule has 0 spiro atoms. The summed E-state index contributed by atoms with van der Waals surface area (Å²) in [5.41, 5.74) is 2.48. The van der Waals surface area contributed by atoms with Gasteiger partial charge >= 0.3 is 5.97 Å². The van der Waals surface area contributed by atoms with Gasteiger partial charge < -0.3 is 20.7 Å². The molecular weight excluding hydrogens is 358 g/mol. The highest BCUT2D eigenvalue weighted by molar-refractivity contribution is 5.95. The van der Waals surface area contributed by atoms with Gasteiger partial charge in [0.25, 0.3) is 0 Å². The molecule has 2 rings (SSSR count). The highest BCUT2D eigenvalue weighted by Gasteiger charge is 2.07. The van der Waals surface area contributed by atoms with Crippen molar-refractivity contribution in [2.75, 3.05) is 29.6 Å². The molecule has 148 valence electrons. The standard InChI is InChI=1S/C21H25N3O4/c1-14(2)12-19(25)23-17-8-10-18(11-9-17)24-20(26)13-22-16-6-4-15(5-7-16)21(27)28-3/h4-11,14,22H,12-13H2,1-3H3,(H,23,25)(H,24,26). The van der Waals surface area contributed by atoms with E-state index >= 15 is 0 Å². The number of benzene rings is 2. The van der Waals surface area contributed by atoms with E-state index in [1.165, 1.54) is 7.11 Å². The molecule has 0 aliphatic heterocycles. The third-order valence-corrected chi connectivity index (χ3v) is 3.81. The van der Waals surface area contributed by atoms with Gasteiger partial charge in [-0.1, -0.05) is 13.8 Å². The minimum Gasteiger partial charge on any atom is -0.465 e. The van der Waals surface area contributed by atoms with Crippen LogP contribution in [0.5, 0.6) is 0 Å². The quantitative estimate of drug-likeness (QED) is 0.606. The summed E-state index contributed by atoms with van der Waals surface area (Å²) in [7, 11) is 1.32. The third kappa shape index (κ3) is 6.75. The van der Waals surface area contributed by atoms with E-state index in [0.29, 0.717) is 35.0 Å². The van der Waals surface area contributed by atoms with Crippen LogP contribution in [0, 0.1) is 5.92 Å². The van der Waals surface area contributed by atoms with Gasteiger partial charge in [-0.15, -0.1) is 0 Å². The van der Waals surface area contributed by atoms with Crippen molar-refractivity contribution in [3.8, 4) is 0 Å². The zero-order valence-electron chi connectivity index (χ0n) is 16.2. The van der Waals surface area contributed by atoms with Crippen LogP contribution in [-0.2, 0) is 14.3 Å². The van der Waals surface area contributed by atoms with Crippen molar-refractivity contribution in [1.82, 2.24) is 0 Å². The number of methoxy groups -OCH3 is 1. The predicted octanol–water partition coefficient (Wildman–Crippen LogP) is 3.51. The van der Waals surface area contributed by atoms with E-state index in [4.69, 9.17) is 0 Å². The first kappa shape index (κ1) is 21.0. The maximum Gasteiger partial charge on any atom is 0.337 e. The lowest BCUT2D eigenvalue weighted by Gasteiger charge is -2.10. The first-order chi connectivity index (χ1) is 13.4. The molecule has 0 aliphatic rings. The molecular formula is C21H25N3O4. The Morgan fingerprint density at radius 1 is 0.821 bits per heavy atom. The van der Waals surface area contributed by atoms with Crippen LogP contribution < -0.4 is 16.0 Å². The number of carbonyl (C=O) groups excluding carboxylic acids is 3. The van der Waals surface area contributed by atoms with E-state index in [1.54, 1.807) is 48.5 Å². The molecule has 0 radical (unpaired) electrons. The van der Waals surface area contributed by atoms with Gasteiger partial charge in [0.05, 0.1) is 19.2 Å². The van der Waals surface area contributed by atoms with Gasteiger partial charge in [-0.3, -0.25) is 9.59 Å². The van der Waals surface area contributed by atoms with Crippen LogP contribution in [-0.4, -0.2) is 31.4 Å². The highest BCUT2D eigenvalue weighted by Crippen LogP contribution is 2.15. The Balaban J connectivity index is 1.81. The fourth-order valence-electron chi connectivity index (χ4n) is 2.45. The van der Waals surface area contributed by atoms with Crippen molar-refractivity contribution in [2.24, 2.45) is 5.92 Å². The third-order valence-electron chi connectivity index (χ3n) is 3.81. The van der Waals surface area contributed by atoms with Crippen molar-refractivity contribution < 1.29 is 19.1 Å². The van der Waals surface area contributed by atoms with Crippen molar-refractivity contribution in [3.05, 3.63) is 54.1 Å². The molecule has 2 amide bonds. The van der Waals surface area contributed by atoms with E-state index < -0.39 is 5.97 Å². The molecule has 0 saturated carbocycles. The molecule has 7 heteroatoms. The minimum atomic E-state index is -0.409. The molecule has 2 aromatic carbocycles. The van der Waals surface area contributed by atoms with E-state index in [9.17, 15) is 14.4 Å². The van der Waals surface area contributed by atoms with Crippen LogP contribution in [0.4, 0.5) is 17.1 Å². The summed E-state index contributed by atoms with van der Waals surface area (Å²) in [5.74, 6) is -0.362. The number of nitrogens with one attached hydrogen (secondary N) is 3. The van der Waals surface area contributed by atoms with Gasteiger partial charge in [-0.05, 0) is 54.4 Å². The number of rotatable bonds is 8. The zero-order valence-corrected chi connectivity index (χ0v) is 16.2. The number of hydrogen-bond donors (Lipinski definition) is 3. The average molecular weight is 383 g/mol. The second-order valence-corrected chi connectivity index (χ2v) is 6.69. The molecule has 3 N–H and O–H groups in total. The second kappa shape index (κ2) is 10.1. The fourth-order valence-corrected chi connectivity index (χ4v) is 2.45. The van der Waals surface area contributed by atoms with E-state index in [2.05, 4.69) is 20.7 Å². The lowest BCUT2D eigenvalue weighted by atomic mass is 10.1. The normalized spacial score (nSPS) is 10.3. The smallest absolute Gasteiger partial charge is 0.337 e. The lowest BCUT2D eigenvalue weighted by Crippen LogP contribution is -2.21. The molecule has 0 aromatic heterocycles. The van der Waals surface area contributed by atoms with Crippen LogP contribution >= 0.6 is 0 Å². The SMILES string of the molecule is COC(=O)c1ccc(NCC(=O)Nc2ccc(NC(=O)CC(C)C)cc2)cc1. The number of amides is 2. The minimum absolute atomic E-state index is 0.0331. The summed E-state index contributed by atoms with van der Waals surface area (Å²) < 4.78 is 4.64. The van der Waals surface area contributed by atoms with Crippen molar-refractivity contribution in [3.63, 3.8) is 0 Å². The Kier molecular flexibility index (Phi) is 7.56. The molecule has 0 aliphatic carbocycles. The van der Waals surface area contributed by atoms with Gasteiger partial charge in [0.15, 0.2) is 0 Å². The van der Waals surface area contributed by atoms with Crippen molar-refractivity contribution >= 4 is 34.8 Å². The first-order valence-corrected chi connectivity index (χ1v) is 8.99. The fraction of sp³-hybridized carbons (Fsp3) is 0.286. The summed E-state index contributed by atoms with van der Waals surface area (Å²) >= 11 is 0. The van der Waals surface area contributed by atoms with Crippen LogP contribution in [0.3, 0.4) is 0 Å². The summed E-state index contributed by atoms with van der Waals surface area (Å²) in [6, 6.07) is 13.6. The molecule has 28 heavy (non-hydrogen) atoms. The van der Waals surface area contributed by atoms with Crippen LogP contribution in [0.2, 0.25) is 0 Å². The number of ether oxygens (including phenoxy) is 1. The van der Waals surface area contributed by atoms with Crippen LogP contribution in [0.15, 0.2) is 48.5 Å². The lowest BCUT2D eigenvalue weighted by molar-refractivity contribution is -0.117. The Morgan fingerprint density at radius 2 is 1.32 bits per heavy atom. The Labute approximate surface area is 164 Å². The Hall–Kier alpha value is -3.35. The highest BCUT2D eigenvalue weighted by atomic mass is 16.5. The zero-order chi connectivity index (χ0) is 20.5.